The van der Waals surface area contributed by atoms with Crippen molar-refractivity contribution in [1.82, 2.24) is 15.1 Å². The zero-order chi connectivity index (χ0) is 8.39. The number of aromatic nitrogens is 2. The number of nitrogens with zero attached hydrogens (tertiary/aromatic N) is 2. The van der Waals surface area contributed by atoms with Gasteiger partial charge in [-0.1, -0.05) is 0 Å². The Morgan fingerprint density at radius 1 is 1.75 bits per heavy atom. The molecule has 1 aromatic heterocycles. The Bertz CT molecular complexity index is 249. The van der Waals surface area contributed by atoms with Gasteiger partial charge in [-0.3, -0.25) is 4.68 Å². The first-order valence-corrected chi connectivity index (χ1v) is 4.31. The molecule has 1 fully saturated rings. The van der Waals surface area contributed by atoms with Crippen LogP contribution >= 0.6 is 0 Å². The Balaban J connectivity index is 1.94. The minimum atomic E-state index is 0.555. The Hall–Kier alpha value is -1.03. The van der Waals surface area contributed by atoms with Gasteiger partial charge in [-0.15, -0.1) is 0 Å². The molecule has 4 heteroatoms. The molecule has 1 aromatic rings. The molecule has 1 aliphatic heterocycles. The molecule has 1 saturated heterocycles. The molecule has 1 aliphatic rings. The van der Waals surface area contributed by atoms with E-state index in [1.165, 1.54) is 6.42 Å². The second-order valence-electron chi connectivity index (χ2n) is 3.21. The summed E-state index contributed by atoms with van der Waals surface area (Å²) in [5.74, 6) is 0.978. The lowest BCUT2D eigenvalue weighted by atomic mass is 10.3. The van der Waals surface area contributed by atoms with Crippen LogP contribution in [0.1, 0.15) is 6.42 Å². The van der Waals surface area contributed by atoms with Crippen molar-refractivity contribution in [1.29, 1.82) is 0 Å². The third-order valence-corrected chi connectivity index (χ3v) is 2.13. The third kappa shape index (κ3) is 1.58. The standard InChI is InChI=1S/C8H14N4/c1-12-5-3-8(11-12)10-7-2-4-9-6-7/h3,5,7,9H,2,4,6H2,1H3,(H,10,11). The molecule has 2 rings (SSSR count). The van der Waals surface area contributed by atoms with E-state index >= 15 is 0 Å². The van der Waals surface area contributed by atoms with Crippen LogP contribution in [0.25, 0.3) is 0 Å². The summed E-state index contributed by atoms with van der Waals surface area (Å²) < 4.78 is 1.81. The number of hydrogen-bond acceptors (Lipinski definition) is 3. The maximum atomic E-state index is 4.25. The molecule has 1 unspecified atom stereocenters. The fourth-order valence-corrected chi connectivity index (χ4v) is 1.48. The fraction of sp³-hybridized carbons (Fsp3) is 0.625. The highest BCUT2D eigenvalue weighted by atomic mass is 15.3. The van der Waals surface area contributed by atoms with Gasteiger partial charge in [-0.05, 0) is 13.0 Å². The molecule has 4 nitrogen and oxygen atoms in total. The molecule has 0 saturated carbocycles. The Kier molecular flexibility index (Phi) is 1.99. The van der Waals surface area contributed by atoms with Crippen LogP contribution < -0.4 is 10.6 Å². The number of hydrogen-bond donors (Lipinski definition) is 2. The van der Waals surface area contributed by atoms with Gasteiger partial charge in [0.05, 0.1) is 0 Å². The van der Waals surface area contributed by atoms with Gasteiger partial charge in [0.2, 0.25) is 0 Å². The zero-order valence-corrected chi connectivity index (χ0v) is 7.25. The molecule has 0 aliphatic carbocycles. The monoisotopic (exact) mass is 166 g/mol. The Morgan fingerprint density at radius 2 is 2.67 bits per heavy atom. The van der Waals surface area contributed by atoms with Gasteiger partial charge in [-0.2, -0.15) is 5.10 Å². The van der Waals surface area contributed by atoms with E-state index in [1.807, 2.05) is 24.0 Å². The summed E-state index contributed by atoms with van der Waals surface area (Å²) in [6, 6.07) is 2.55. The SMILES string of the molecule is Cn1ccc(NC2CCNC2)n1. The van der Waals surface area contributed by atoms with E-state index in [2.05, 4.69) is 15.7 Å². The lowest BCUT2D eigenvalue weighted by Gasteiger charge is -2.08. The van der Waals surface area contributed by atoms with Gasteiger partial charge in [0, 0.05) is 31.9 Å². The average molecular weight is 166 g/mol. The summed E-state index contributed by atoms with van der Waals surface area (Å²) in [6.45, 7) is 2.17. The number of anilines is 1. The number of nitrogens with one attached hydrogen (secondary N) is 2. The van der Waals surface area contributed by atoms with Crippen molar-refractivity contribution in [3.8, 4) is 0 Å². The Labute approximate surface area is 72.0 Å². The van der Waals surface area contributed by atoms with E-state index in [4.69, 9.17) is 0 Å². The Morgan fingerprint density at radius 3 is 3.25 bits per heavy atom. The fourth-order valence-electron chi connectivity index (χ4n) is 1.48. The van der Waals surface area contributed by atoms with Crippen LogP contribution in [0.2, 0.25) is 0 Å². The van der Waals surface area contributed by atoms with Crippen molar-refractivity contribution < 1.29 is 0 Å². The van der Waals surface area contributed by atoms with Crippen molar-refractivity contribution in [2.24, 2.45) is 7.05 Å². The van der Waals surface area contributed by atoms with E-state index in [0.717, 1.165) is 18.9 Å². The molecule has 0 aromatic carbocycles. The van der Waals surface area contributed by atoms with Gasteiger partial charge >= 0.3 is 0 Å². The number of rotatable bonds is 2. The molecule has 1 atom stereocenters. The summed E-state index contributed by atoms with van der Waals surface area (Å²) in [5.41, 5.74) is 0. The minimum absolute atomic E-state index is 0.555. The molecule has 0 bridgehead atoms. The highest BCUT2D eigenvalue weighted by Crippen LogP contribution is 2.07. The molecular formula is C8H14N4. The first kappa shape index (κ1) is 7.61. The molecule has 2 heterocycles. The third-order valence-electron chi connectivity index (χ3n) is 2.13. The van der Waals surface area contributed by atoms with Crippen molar-refractivity contribution in [3.05, 3.63) is 12.3 Å². The molecule has 66 valence electrons. The first-order valence-electron chi connectivity index (χ1n) is 4.31. The smallest absolute Gasteiger partial charge is 0.148 e. The van der Waals surface area contributed by atoms with E-state index < -0.39 is 0 Å². The molecular weight excluding hydrogens is 152 g/mol. The van der Waals surface area contributed by atoms with E-state index in [-0.39, 0.29) is 0 Å². The second kappa shape index (κ2) is 3.15. The minimum Gasteiger partial charge on any atom is -0.365 e. The molecule has 12 heavy (non-hydrogen) atoms. The maximum absolute atomic E-state index is 4.25. The highest BCUT2D eigenvalue weighted by Gasteiger charge is 2.14. The van der Waals surface area contributed by atoms with E-state index in [1.54, 1.807) is 0 Å². The van der Waals surface area contributed by atoms with Gasteiger partial charge in [-0.25, -0.2) is 0 Å². The predicted octanol–water partition coefficient (Wildman–Crippen LogP) is 0.194. The van der Waals surface area contributed by atoms with Gasteiger partial charge < -0.3 is 10.6 Å². The van der Waals surface area contributed by atoms with Crippen LogP contribution in [0.5, 0.6) is 0 Å². The molecule has 0 spiro atoms. The van der Waals surface area contributed by atoms with Crippen LogP contribution in [-0.4, -0.2) is 28.9 Å². The molecule has 0 radical (unpaired) electrons. The first-order chi connectivity index (χ1) is 5.84. The largest absolute Gasteiger partial charge is 0.365 e. The van der Waals surface area contributed by atoms with Gasteiger partial charge in [0.1, 0.15) is 5.82 Å². The lowest BCUT2D eigenvalue weighted by molar-refractivity contribution is 0.746. The van der Waals surface area contributed by atoms with Crippen LogP contribution in [0.15, 0.2) is 12.3 Å². The van der Waals surface area contributed by atoms with Crippen LogP contribution in [0, 0.1) is 0 Å². The van der Waals surface area contributed by atoms with Crippen LogP contribution in [-0.2, 0) is 7.05 Å². The van der Waals surface area contributed by atoms with Crippen molar-refractivity contribution in [2.45, 2.75) is 12.5 Å². The quantitative estimate of drug-likeness (QED) is 0.659. The van der Waals surface area contributed by atoms with E-state index in [9.17, 15) is 0 Å². The second-order valence-corrected chi connectivity index (χ2v) is 3.21. The number of aryl methyl sites for hydroxylation is 1. The van der Waals surface area contributed by atoms with Gasteiger partial charge in [0.15, 0.2) is 0 Å². The van der Waals surface area contributed by atoms with Crippen LogP contribution in [0.3, 0.4) is 0 Å². The molecule has 0 amide bonds. The predicted molar refractivity (Wildman–Crippen MR) is 48.1 cm³/mol. The molecule has 2 N–H and O–H groups in total. The van der Waals surface area contributed by atoms with E-state index in [0.29, 0.717) is 6.04 Å². The normalized spacial score (nSPS) is 22.9. The van der Waals surface area contributed by atoms with Crippen molar-refractivity contribution >= 4 is 5.82 Å². The topological polar surface area (TPSA) is 41.9 Å². The highest BCUT2D eigenvalue weighted by molar-refractivity contribution is 5.33. The average Bonchev–Trinajstić information content (AvgIpc) is 2.63. The van der Waals surface area contributed by atoms with Crippen molar-refractivity contribution in [3.63, 3.8) is 0 Å². The summed E-state index contributed by atoms with van der Waals surface area (Å²) in [6.07, 6.45) is 3.14. The zero-order valence-electron chi connectivity index (χ0n) is 7.25. The summed E-state index contributed by atoms with van der Waals surface area (Å²) >= 11 is 0. The van der Waals surface area contributed by atoms with Crippen molar-refractivity contribution in [2.75, 3.05) is 18.4 Å². The lowest BCUT2D eigenvalue weighted by Crippen LogP contribution is -2.22. The summed E-state index contributed by atoms with van der Waals surface area (Å²) in [7, 11) is 1.93. The maximum Gasteiger partial charge on any atom is 0.148 e. The van der Waals surface area contributed by atoms with Gasteiger partial charge in [0.25, 0.3) is 0 Å². The summed E-state index contributed by atoms with van der Waals surface area (Å²) in [5, 5.41) is 10.9. The van der Waals surface area contributed by atoms with Crippen LogP contribution in [0.4, 0.5) is 5.82 Å². The summed E-state index contributed by atoms with van der Waals surface area (Å²) in [4.78, 5) is 0.